The fourth-order valence-electron chi connectivity index (χ4n) is 3.11. The Bertz CT molecular complexity index is 1200. The molecule has 0 spiro atoms. The van der Waals surface area contributed by atoms with Crippen LogP contribution in [0.1, 0.15) is 29.7 Å². The van der Waals surface area contributed by atoms with Gasteiger partial charge in [0, 0.05) is 28.1 Å². The number of aromatic nitrogens is 1. The first-order chi connectivity index (χ1) is 13.8. The van der Waals surface area contributed by atoms with Gasteiger partial charge in [-0.1, -0.05) is 6.07 Å². The second-order valence-corrected chi connectivity index (χ2v) is 6.47. The summed E-state index contributed by atoms with van der Waals surface area (Å²) in [5, 5.41) is 12.5. The summed E-state index contributed by atoms with van der Waals surface area (Å²) < 4.78 is 32.1. The Hall–Kier alpha value is -3.73. The number of nitriles is 1. The largest absolute Gasteiger partial charge is 0.495 e. The molecule has 2 N–H and O–H groups in total. The van der Waals surface area contributed by atoms with Crippen molar-refractivity contribution in [1.29, 1.82) is 5.26 Å². The zero-order chi connectivity index (χ0) is 21.1. The van der Waals surface area contributed by atoms with Crippen molar-refractivity contribution in [3.63, 3.8) is 0 Å². The summed E-state index contributed by atoms with van der Waals surface area (Å²) in [6.45, 7) is 1.55. The number of hydrogen-bond donors (Lipinski definition) is 2. The van der Waals surface area contributed by atoms with Crippen LogP contribution in [0.3, 0.4) is 0 Å². The van der Waals surface area contributed by atoms with Crippen molar-refractivity contribution in [3.8, 4) is 11.8 Å². The summed E-state index contributed by atoms with van der Waals surface area (Å²) in [7, 11) is 1.43. The van der Waals surface area contributed by atoms with Crippen molar-refractivity contribution in [3.05, 3.63) is 75.1 Å². The van der Waals surface area contributed by atoms with E-state index >= 15 is 0 Å². The van der Waals surface area contributed by atoms with Gasteiger partial charge in [-0.15, -0.1) is 0 Å². The standard InChI is InChI=1S/C21H17F2N3O3/c1-11(14-4-3-13(22)9-17(14)23)25-20(27)8-12-7-15-16(10-24)19(29-2)6-5-18(15)26-21(12)28/h3-7,9,11H,8H2,1-2H3,(H,25,27)(H,26,28)/t11-/m0/s1. The first kappa shape index (κ1) is 20.0. The van der Waals surface area contributed by atoms with Gasteiger partial charge in [0.25, 0.3) is 5.56 Å². The number of aromatic amines is 1. The van der Waals surface area contributed by atoms with E-state index in [0.29, 0.717) is 16.7 Å². The lowest BCUT2D eigenvalue weighted by Gasteiger charge is -2.15. The molecule has 0 aliphatic rings. The highest BCUT2D eigenvalue weighted by molar-refractivity contribution is 5.88. The highest BCUT2D eigenvalue weighted by Gasteiger charge is 2.17. The van der Waals surface area contributed by atoms with E-state index in [0.717, 1.165) is 12.1 Å². The summed E-state index contributed by atoms with van der Waals surface area (Å²) in [6.07, 6.45) is -0.277. The number of nitrogens with one attached hydrogen (secondary N) is 2. The quantitative estimate of drug-likeness (QED) is 0.692. The molecule has 0 fully saturated rings. The third-order valence-corrected chi connectivity index (χ3v) is 4.55. The lowest BCUT2D eigenvalue weighted by atomic mass is 10.0. The van der Waals surface area contributed by atoms with Gasteiger partial charge in [0.05, 0.1) is 19.6 Å². The molecule has 0 saturated carbocycles. The van der Waals surface area contributed by atoms with Crippen LogP contribution >= 0.6 is 0 Å². The van der Waals surface area contributed by atoms with Crippen molar-refractivity contribution < 1.29 is 18.3 Å². The minimum Gasteiger partial charge on any atom is -0.495 e. The van der Waals surface area contributed by atoms with Crippen LogP contribution in [-0.4, -0.2) is 18.0 Å². The Morgan fingerprint density at radius 1 is 1.28 bits per heavy atom. The van der Waals surface area contributed by atoms with Crippen LogP contribution < -0.4 is 15.6 Å². The average Bonchev–Trinajstić information content (AvgIpc) is 2.67. The van der Waals surface area contributed by atoms with Crippen LogP contribution in [0.25, 0.3) is 10.9 Å². The van der Waals surface area contributed by atoms with Crippen LogP contribution in [0.15, 0.2) is 41.2 Å². The minimum atomic E-state index is -0.771. The maximum atomic E-state index is 13.9. The van der Waals surface area contributed by atoms with Gasteiger partial charge >= 0.3 is 0 Å². The molecule has 148 valence electrons. The van der Waals surface area contributed by atoms with E-state index in [4.69, 9.17) is 4.74 Å². The molecule has 3 rings (SSSR count). The molecule has 3 aromatic rings. The number of pyridine rings is 1. The van der Waals surface area contributed by atoms with Gasteiger partial charge in [0.2, 0.25) is 5.91 Å². The number of amides is 1. The fourth-order valence-corrected chi connectivity index (χ4v) is 3.11. The first-order valence-electron chi connectivity index (χ1n) is 8.71. The van der Waals surface area contributed by atoms with E-state index in [1.54, 1.807) is 19.1 Å². The van der Waals surface area contributed by atoms with Crippen LogP contribution in [0, 0.1) is 23.0 Å². The number of hydrogen-bond acceptors (Lipinski definition) is 4. The molecule has 0 aliphatic heterocycles. The van der Waals surface area contributed by atoms with Gasteiger partial charge in [-0.3, -0.25) is 9.59 Å². The van der Waals surface area contributed by atoms with Crippen LogP contribution in [0.2, 0.25) is 0 Å². The second-order valence-electron chi connectivity index (χ2n) is 6.47. The number of rotatable bonds is 5. The highest BCUT2D eigenvalue weighted by Crippen LogP contribution is 2.26. The van der Waals surface area contributed by atoms with E-state index in [1.807, 2.05) is 6.07 Å². The van der Waals surface area contributed by atoms with Gasteiger partial charge in [-0.2, -0.15) is 5.26 Å². The van der Waals surface area contributed by atoms with Crippen LogP contribution in [0.5, 0.6) is 5.75 Å². The number of ether oxygens (including phenoxy) is 1. The maximum absolute atomic E-state index is 13.9. The Morgan fingerprint density at radius 3 is 2.69 bits per heavy atom. The SMILES string of the molecule is COc1ccc2[nH]c(=O)c(CC(=O)N[C@@H](C)c3ccc(F)cc3F)cc2c1C#N. The number of benzene rings is 2. The van der Waals surface area contributed by atoms with Gasteiger partial charge in [0.1, 0.15) is 29.0 Å². The predicted molar refractivity (Wildman–Crippen MR) is 102 cm³/mol. The summed E-state index contributed by atoms with van der Waals surface area (Å²) >= 11 is 0. The average molecular weight is 397 g/mol. The molecule has 0 saturated heterocycles. The zero-order valence-electron chi connectivity index (χ0n) is 15.7. The maximum Gasteiger partial charge on any atom is 0.252 e. The number of carbonyl (C=O) groups excluding carboxylic acids is 1. The molecule has 1 aromatic heterocycles. The van der Waals surface area contributed by atoms with E-state index in [-0.39, 0.29) is 23.1 Å². The Morgan fingerprint density at radius 2 is 2.03 bits per heavy atom. The number of halogens is 2. The van der Waals surface area contributed by atoms with E-state index < -0.39 is 29.1 Å². The molecule has 1 amide bonds. The molecule has 0 unspecified atom stereocenters. The molecule has 0 aliphatic carbocycles. The van der Waals surface area contributed by atoms with Crippen molar-refractivity contribution in [2.75, 3.05) is 7.11 Å². The highest BCUT2D eigenvalue weighted by atomic mass is 19.1. The third kappa shape index (κ3) is 4.09. The first-order valence-corrected chi connectivity index (χ1v) is 8.71. The minimum absolute atomic E-state index is 0.128. The van der Waals surface area contributed by atoms with Gasteiger partial charge < -0.3 is 15.0 Å². The second kappa shape index (κ2) is 8.10. The fraction of sp³-hybridized carbons (Fsp3) is 0.190. The van der Waals surface area contributed by atoms with Crippen molar-refractivity contribution in [2.24, 2.45) is 0 Å². The smallest absolute Gasteiger partial charge is 0.252 e. The van der Waals surface area contributed by atoms with Crippen LogP contribution in [-0.2, 0) is 11.2 Å². The monoisotopic (exact) mass is 397 g/mol. The number of nitrogens with zero attached hydrogens (tertiary/aromatic N) is 1. The number of fused-ring (bicyclic) bond motifs is 1. The number of methoxy groups -OCH3 is 1. The molecule has 8 heteroatoms. The van der Waals surface area contributed by atoms with Crippen molar-refractivity contribution in [2.45, 2.75) is 19.4 Å². The van der Waals surface area contributed by atoms with E-state index in [9.17, 15) is 23.6 Å². The summed E-state index contributed by atoms with van der Waals surface area (Å²) in [6, 6.07) is 9.06. The summed E-state index contributed by atoms with van der Waals surface area (Å²) in [4.78, 5) is 27.4. The zero-order valence-corrected chi connectivity index (χ0v) is 15.7. The molecule has 1 atom stereocenters. The Balaban J connectivity index is 1.87. The molecular weight excluding hydrogens is 380 g/mol. The molecule has 0 radical (unpaired) electrons. The Kier molecular flexibility index (Phi) is 5.59. The molecule has 1 heterocycles. The molecular formula is C21H17F2N3O3. The van der Waals surface area contributed by atoms with Gasteiger partial charge in [-0.25, -0.2) is 8.78 Å². The normalized spacial score (nSPS) is 11.7. The van der Waals surface area contributed by atoms with Crippen LogP contribution in [0.4, 0.5) is 8.78 Å². The molecule has 0 bridgehead atoms. The van der Waals surface area contributed by atoms with Crippen molar-refractivity contribution >= 4 is 16.8 Å². The van der Waals surface area contributed by atoms with Gasteiger partial charge in [0.15, 0.2) is 0 Å². The lowest BCUT2D eigenvalue weighted by molar-refractivity contribution is -0.121. The Labute approximate surface area is 164 Å². The summed E-state index contributed by atoms with van der Waals surface area (Å²) in [5.74, 6) is -1.65. The molecule has 6 nitrogen and oxygen atoms in total. The van der Waals surface area contributed by atoms with E-state index in [2.05, 4.69) is 10.3 Å². The topological polar surface area (TPSA) is 95.0 Å². The summed E-state index contributed by atoms with van der Waals surface area (Å²) in [5.41, 5.74) is 0.487. The third-order valence-electron chi connectivity index (χ3n) is 4.55. The number of carbonyl (C=O) groups is 1. The van der Waals surface area contributed by atoms with Crippen molar-refractivity contribution in [1.82, 2.24) is 10.3 Å². The predicted octanol–water partition coefficient (Wildman–Crippen LogP) is 3.11. The molecule has 29 heavy (non-hydrogen) atoms. The molecule has 2 aromatic carbocycles. The number of H-pyrrole nitrogens is 1. The van der Waals surface area contributed by atoms with E-state index in [1.165, 1.54) is 19.2 Å². The lowest BCUT2D eigenvalue weighted by Crippen LogP contribution is -2.30. The van der Waals surface area contributed by atoms with Gasteiger partial charge in [-0.05, 0) is 31.2 Å².